The normalized spacial score (nSPS) is 9.69. The van der Waals surface area contributed by atoms with Crippen molar-refractivity contribution < 1.29 is 23.4 Å². The summed E-state index contributed by atoms with van der Waals surface area (Å²) in [6.45, 7) is -0.689. The van der Waals surface area contributed by atoms with Crippen molar-refractivity contribution in [2.24, 2.45) is 0 Å². The fourth-order valence-corrected chi connectivity index (χ4v) is 0.709. The highest BCUT2D eigenvalue weighted by Crippen LogP contribution is 2.14. The molecule has 13 heavy (non-hydrogen) atoms. The monoisotopic (exact) mass is 187 g/mol. The number of halogens is 2. The molecule has 0 atom stereocenters. The van der Waals surface area contributed by atoms with Crippen LogP contribution in [0.4, 0.5) is 8.78 Å². The Morgan fingerprint density at radius 3 is 2.62 bits per heavy atom. The molecule has 0 fully saturated rings. The van der Waals surface area contributed by atoms with Gasteiger partial charge in [0.05, 0.1) is 5.97 Å². The summed E-state index contributed by atoms with van der Waals surface area (Å²) in [5, 5.41) is 9.92. The molecule has 1 aromatic rings. The van der Waals surface area contributed by atoms with E-state index in [1.165, 1.54) is 0 Å². The summed E-state index contributed by atoms with van der Waals surface area (Å²) in [5.74, 6) is -3.58. The summed E-state index contributed by atoms with van der Waals surface area (Å²) in [7, 11) is 0. The SMILES string of the molecule is O=C([O-])COc1ccc(F)c(F)c1. The lowest BCUT2D eigenvalue weighted by Crippen LogP contribution is -2.28. The lowest BCUT2D eigenvalue weighted by molar-refractivity contribution is -0.307. The number of ether oxygens (including phenoxy) is 1. The number of rotatable bonds is 3. The van der Waals surface area contributed by atoms with Gasteiger partial charge >= 0.3 is 0 Å². The van der Waals surface area contributed by atoms with Gasteiger partial charge in [0.25, 0.3) is 0 Å². The summed E-state index contributed by atoms with van der Waals surface area (Å²) in [6, 6.07) is 2.74. The second-order valence-electron chi connectivity index (χ2n) is 2.24. The molecule has 0 aromatic heterocycles. The van der Waals surface area contributed by atoms with Crippen molar-refractivity contribution in [2.45, 2.75) is 0 Å². The number of carboxylic acids is 1. The van der Waals surface area contributed by atoms with Crippen LogP contribution in [0.25, 0.3) is 0 Å². The van der Waals surface area contributed by atoms with Crippen molar-refractivity contribution in [2.75, 3.05) is 6.61 Å². The predicted octanol–water partition coefficient (Wildman–Crippen LogP) is 0.0935. The van der Waals surface area contributed by atoms with Crippen LogP contribution in [-0.2, 0) is 4.79 Å². The summed E-state index contributed by atoms with van der Waals surface area (Å²) < 4.78 is 29.4. The number of aliphatic carboxylic acids is 1. The lowest BCUT2D eigenvalue weighted by atomic mass is 10.3. The first-order valence-corrected chi connectivity index (χ1v) is 3.37. The third-order valence-corrected chi connectivity index (χ3v) is 1.25. The molecule has 1 aromatic carbocycles. The van der Waals surface area contributed by atoms with E-state index in [1.54, 1.807) is 0 Å². The molecule has 0 radical (unpaired) electrons. The molecule has 0 spiro atoms. The highest BCUT2D eigenvalue weighted by atomic mass is 19.2. The molecule has 0 heterocycles. The summed E-state index contributed by atoms with van der Waals surface area (Å²) in [5.41, 5.74) is 0. The summed E-state index contributed by atoms with van der Waals surface area (Å²) in [6.07, 6.45) is 0. The van der Waals surface area contributed by atoms with E-state index < -0.39 is 24.2 Å². The van der Waals surface area contributed by atoms with Gasteiger partial charge in [0.1, 0.15) is 12.4 Å². The first kappa shape index (κ1) is 9.44. The van der Waals surface area contributed by atoms with Crippen LogP contribution >= 0.6 is 0 Å². The number of carbonyl (C=O) groups excluding carboxylic acids is 1. The molecule has 0 amide bonds. The van der Waals surface area contributed by atoms with Crippen LogP contribution in [0.1, 0.15) is 0 Å². The molecule has 0 unspecified atom stereocenters. The quantitative estimate of drug-likeness (QED) is 0.673. The molecule has 5 heteroatoms. The van der Waals surface area contributed by atoms with E-state index in [4.69, 9.17) is 0 Å². The Morgan fingerprint density at radius 1 is 1.38 bits per heavy atom. The van der Waals surface area contributed by atoms with Gasteiger partial charge < -0.3 is 14.6 Å². The van der Waals surface area contributed by atoms with Crippen molar-refractivity contribution in [1.29, 1.82) is 0 Å². The van der Waals surface area contributed by atoms with Gasteiger partial charge in [-0.25, -0.2) is 8.78 Å². The van der Waals surface area contributed by atoms with Gasteiger partial charge in [-0.3, -0.25) is 0 Å². The van der Waals surface area contributed by atoms with E-state index in [0.717, 1.165) is 18.2 Å². The molecule has 1 rings (SSSR count). The van der Waals surface area contributed by atoms with E-state index >= 15 is 0 Å². The predicted molar refractivity (Wildman–Crippen MR) is 36.9 cm³/mol. The van der Waals surface area contributed by atoms with Gasteiger partial charge in [-0.15, -0.1) is 0 Å². The third-order valence-electron chi connectivity index (χ3n) is 1.25. The molecular weight excluding hydrogens is 182 g/mol. The van der Waals surface area contributed by atoms with E-state index in [-0.39, 0.29) is 5.75 Å². The minimum atomic E-state index is -1.43. The van der Waals surface area contributed by atoms with Crippen molar-refractivity contribution in [3.63, 3.8) is 0 Å². The van der Waals surface area contributed by atoms with Gasteiger partial charge in [-0.1, -0.05) is 0 Å². The number of carbonyl (C=O) groups is 1. The maximum absolute atomic E-state index is 12.5. The van der Waals surface area contributed by atoms with Crippen LogP contribution in [0.5, 0.6) is 5.75 Å². The second-order valence-corrected chi connectivity index (χ2v) is 2.24. The minimum absolute atomic E-state index is 0.0527. The zero-order chi connectivity index (χ0) is 9.84. The fraction of sp³-hybridized carbons (Fsp3) is 0.125. The first-order chi connectivity index (χ1) is 6.09. The molecule has 0 aliphatic heterocycles. The van der Waals surface area contributed by atoms with Crippen molar-refractivity contribution in [1.82, 2.24) is 0 Å². The Balaban J connectivity index is 2.68. The zero-order valence-electron chi connectivity index (χ0n) is 6.42. The van der Waals surface area contributed by atoms with Crippen LogP contribution in [0.3, 0.4) is 0 Å². The van der Waals surface area contributed by atoms with Gasteiger partial charge in [0, 0.05) is 6.07 Å². The van der Waals surface area contributed by atoms with E-state index in [0.29, 0.717) is 0 Å². The second kappa shape index (κ2) is 3.84. The fourth-order valence-electron chi connectivity index (χ4n) is 0.709. The van der Waals surface area contributed by atoms with Crippen LogP contribution in [0.15, 0.2) is 18.2 Å². The Labute approximate surface area is 72.6 Å². The largest absolute Gasteiger partial charge is 0.546 e. The zero-order valence-corrected chi connectivity index (χ0v) is 6.42. The minimum Gasteiger partial charge on any atom is -0.546 e. The first-order valence-electron chi connectivity index (χ1n) is 3.37. The highest BCUT2D eigenvalue weighted by Gasteiger charge is 2.02. The van der Waals surface area contributed by atoms with Gasteiger partial charge in [0.2, 0.25) is 0 Å². The average Bonchev–Trinajstić information content (AvgIpc) is 2.07. The third kappa shape index (κ3) is 2.70. The summed E-state index contributed by atoms with van der Waals surface area (Å²) >= 11 is 0. The van der Waals surface area contributed by atoms with Crippen LogP contribution in [0.2, 0.25) is 0 Å². The smallest absolute Gasteiger partial charge is 0.162 e. The molecule has 0 bridgehead atoms. The van der Waals surface area contributed by atoms with Crippen molar-refractivity contribution in [3.05, 3.63) is 29.8 Å². The summed E-state index contributed by atoms with van der Waals surface area (Å²) in [4.78, 5) is 9.92. The van der Waals surface area contributed by atoms with Crippen LogP contribution in [-0.4, -0.2) is 12.6 Å². The molecule has 70 valence electrons. The maximum atomic E-state index is 12.5. The molecule has 3 nitrogen and oxygen atoms in total. The standard InChI is InChI=1S/C8H6F2O3/c9-6-2-1-5(3-7(6)10)13-4-8(11)12/h1-3H,4H2,(H,11,12)/p-1. The van der Waals surface area contributed by atoms with Crippen molar-refractivity contribution >= 4 is 5.97 Å². The Hall–Kier alpha value is -1.65. The van der Waals surface area contributed by atoms with E-state index in [9.17, 15) is 18.7 Å². The molecule has 0 saturated carbocycles. The molecule has 0 saturated heterocycles. The Kier molecular flexibility index (Phi) is 2.79. The highest BCUT2D eigenvalue weighted by molar-refractivity contribution is 5.66. The molecule has 0 aliphatic carbocycles. The van der Waals surface area contributed by atoms with E-state index in [1.807, 2.05) is 0 Å². The van der Waals surface area contributed by atoms with Crippen LogP contribution in [0, 0.1) is 11.6 Å². The maximum Gasteiger partial charge on any atom is 0.162 e. The Bertz CT molecular complexity index is 325. The van der Waals surface area contributed by atoms with E-state index in [2.05, 4.69) is 4.74 Å². The topological polar surface area (TPSA) is 49.4 Å². The van der Waals surface area contributed by atoms with Crippen molar-refractivity contribution in [3.8, 4) is 5.75 Å². The molecular formula is C8H5F2O3-. The van der Waals surface area contributed by atoms with Gasteiger partial charge in [-0.05, 0) is 12.1 Å². The average molecular weight is 187 g/mol. The lowest BCUT2D eigenvalue weighted by Gasteiger charge is -2.06. The van der Waals surface area contributed by atoms with Gasteiger partial charge in [-0.2, -0.15) is 0 Å². The number of hydrogen-bond donors (Lipinski definition) is 0. The number of benzene rings is 1. The van der Waals surface area contributed by atoms with Crippen LogP contribution < -0.4 is 9.84 Å². The van der Waals surface area contributed by atoms with Gasteiger partial charge in [0.15, 0.2) is 11.6 Å². The Morgan fingerprint density at radius 2 is 2.08 bits per heavy atom. The molecule has 0 N–H and O–H groups in total. The number of carboxylic acid groups (broad SMARTS) is 1. The number of hydrogen-bond acceptors (Lipinski definition) is 3. The molecule has 0 aliphatic rings.